The van der Waals surface area contributed by atoms with Crippen LogP contribution < -0.4 is 5.84 Å². The second-order valence-electron chi connectivity index (χ2n) is 2.14. The number of terminal acetylenes is 1. The van der Waals surface area contributed by atoms with Crippen LogP contribution in [-0.2, 0) is 0 Å². The Balaban J connectivity index is 3.40. The van der Waals surface area contributed by atoms with Gasteiger partial charge in [0.05, 0.1) is 14.1 Å². The molecule has 0 aliphatic heterocycles. The van der Waals surface area contributed by atoms with Crippen molar-refractivity contribution in [3.63, 3.8) is 0 Å². The smallest absolute Gasteiger partial charge is 0.157 e. The first-order chi connectivity index (χ1) is 3.06. The molecular formula is C5H11N2+. The maximum absolute atomic E-state index is 5.44. The van der Waals surface area contributed by atoms with E-state index < -0.39 is 0 Å². The lowest BCUT2D eigenvalue weighted by Gasteiger charge is -2.17. The van der Waals surface area contributed by atoms with E-state index in [1.807, 2.05) is 14.1 Å². The Labute approximate surface area is 44.5 Å². The molecule has 0 aromatic carbocycles. The zero-order valence-electron chi connectivity index (χ0n) is 4.81. The highest BCUT2D eigenvalue weighted by Gasteiger charge is 2.01. The average molecular weight is 99.2 g/mol. The molecule has 0 saturated carbocycles. The third-order valence-corrected chi connectivity index (χ3v) is 0.499. The molecule has 2 N–H and O–H groups in total. The van der Waals surface area contributed by atoms with Gasteiger partial charge in [-0.05, 0) is 5.92 Å². The van der Waals surface area contributed by atoms with Crippen molar-refractivity contribution in [2.24, 2.45) is 5.84 Å². The molecule has 0 radical (unpaired) electrons. The standard InChI is InChI=1S/C5H11N2/c1-4-5-7(2,3)6/h1H,5-6H2,2-3H3/q+1. The van der Waals surface area contributed by atoms with Gasteiger partial charge in [0.2, 0.25) is 0 Å². The van der Waals surface area contributed by atoms with Gasteiger partial charge in [0.1, 0.15) is 0 Å². The summed E-state index contributed by atoms with van der Waals surface area (Å²) in [5.41, 5.74) is 0. The Morgan fingerprint density at radius 2 is 2.14 bits per heavy atom. The highest BCUT2D eigenvalue weighted by Crippen LogP contribution is 1.78. The number of rotatable bonds is 1. The van der Waals surface area contributed by atoms with Crippen molar-refractivity contribution >= 4 is 0 Å². The fraction of sp³-hybridized carbons (Fsp3) is 0.600. The molecule has 0 aliphatic rings. The van der Waals surface area contributed by atoms with E-state index in [2.05, 4.69) is 5.92 Å². The zero-order valence-corrected chi connectivity index (χ0v) is 4.81. The van der Waals surface area contributed by atoms with E-state index in [0.29, 0.717) is 11.1 Å². The van der Waals surface area contributed by atoms with Gasteiger partial charge < -0.3 is 0 Å². The third-order valence-electron chi connectivity index (χ3n) is 0.499. The lowest BCUT2D eigenvalue weighted by atomic mass is 10.6. The van der Waals surface area contributed by atoms with Crippen LogP contribution in [0.5, 0.6) is 0 Å². The molecule has 0 aromatic rings. The lowest BCUT2D eigenvalue weighted by Crippen LogP contribution is -2.46. The predicted molar refractivity (Wildman–Crippen MR) is 30.0 cm³/mol. The lowest BCUT2D eigenvalue weighted by molar-refractivity contribution is -0.895. The van der Waals surface area contributed by atoms with Crippen molar-refractivity contribution in [1.82, 2.24) is 0 Å². The van der Waals surface area contributed by atoms with Crippen LogP contribution in [0.3, 0.4) is 0 Å². The summed E-state index contributed by atoms with van der Waals surface area (Å²) in [5.74, 6) is 7.90. The average Bonchev–Trinajstić information content (AvgIpc) is 1.30. The summed E-state index contributed by atoms with van der Waals surface area (Å²) < 4.78 is 0.358. The summed E-state index contributed by atoms with van der Waals surface area (Å²) in [6.45, 7) is 0.583. The van der Waals surface area contributed by atoms with Gasteiger partial charge in [-0.15, -0.1) is 6.42 Å². The fourth-order valence-corrected chi connectivity index (χ4v) is 0.235. The maximum atomic E-state index is 5.44. The molecule has 0 spiro atoms. The van der Waals surface area contributed by atoms with Crippen molar-refractivity contribution in [2.75, 3.05) is 20.6 Å². The molecule has 0 saturated heterocycles. The van der Waals surface area contributed by atoms with Crippen molar-refractivity contribution in [1.29, 1.82) is 0 Å². The molecule has 40 valence electrons. The van der Waals surface area contributed by atoms with Gasteiger partial charge in [0.15, 0.2) is 6.54 Å². The monoisotopic (exact) mass is 99.1 g/mol. The van der Waals surface area contributed by atoms with Crippen LogP contribution in [0.25, 0.3) is 0 Å². The number of nitrogens with two attached hydrogens (primary N) is 1. The van der Waals surface area contributed by atoms with Crippen molar-refractivity contribution in [2.45, 2.75) is 0 Å². The van der Waals surface area contributed by atoms with E-state index in [4.69, 9.17) is 12.3 Å². The summed E-state index contributed by atoms with van der Waals surface area (Å²) >= 11 is 0. The minimum absolute atomic E-state index is 0.358. The van der Waals surface area contributed by atoms with Gasteiger partial charge >= 0.3 is 0 Å². The quantitative estimate of drug-likeness (QED) is 0.205. The van der Waals surface area contributed by atoms with Gasteiger partial charge in [-0.25, -0.2) is 4.59 Å². The molecule has 0 aromatic heterocycles. The second-order valence-corrected chi connectivity index (χ2v) is 2.14. The second kappa shape index (κ2) is 1.97. The summed E-state index contributed by atoms with van der Waals surface area (Å²) in [7, 11) is 3.69. The van der Waals surface area contributed by atoms with E-state index in [9.17, 15) is 0 Å². The third kappa shape index (κ3) is 5.48. The summed E-state index contributed by atoms with van der Waals surface area (Å²) in [6.07, 6.45) is 4.97. The largest absolute Gasteiger partial charge is 0.243 e. The molecule has 0 rings (SSSR count). The van der Waals surface area contributed by atoms with Crippen molar-refractivity contribution < 1.29 is 4.59 Å². The molecule has 0 aliphatic carbocycles. The maximum Gasteiger partial charge on any atom is 0.157 e. The van der Waals surface area contributed by atoms with E-state index in [0.717, 1.165) is 0 Å². The first-order valence-corrected chi connectivity index (χ1v) is 2.11. The molecule has 0 bridgehead atoms. The predicted octanol–water partition coefficient (Wildman–Crippen LogP) is -0.430. The normalized spacial score (nSPS) is 10.6. The zero-order chi connectivity index (χ0) is 5.91. The molecule has 0 fully saturated rings. The molecule has 7 heavy (non-hydrogen) atoms. The van der Waals surface area contributed by atoms with Crippen LogP contribution in [0.4, 0.5) is 0 Å². The minimum Gasteiger partial charge on any atom is -0.243 e. The number of hydrogen-bond donors (Lipinski definition) is 1. The van der Waals surface area contributed by atoms with Crippen LogP contribution >= 0.6 is 0 Å². The highest BCUT2D eigenvalue weighted by molar-refractivity contribution is 4.82. The molecule has 2 nitrogen and oxygen atoms in total. The SMILES string of the molecule is C#CC[N+](C)(C)N. The van der Waals surface area contributed by atoms with E-state index in [-0.39, 0.29) is 0 Å². The Morgan fingerprint density at radius 3 is 2.14 bits per heavy atom. The molecule has 0 unspecified atom stereocenters. The minimum atomic E-state index is 0.358. The fourth-order valence-electron chi connectivity index (χ4n) is 0.235. The van der Waals surface area contributed by atoms with Gasteiger partial charge in [-0.2, -0.15) is 5.84 Å². The molecule has 0 heterocycles. The van der Waals surface area contributed by atoms with Crippen LogP contribution in [0.15, 0.2) is 0 Å². The van der Waals surface area contributed by atoms with E-state index >= 15 is 0 Å². The Morgan fingerprint density at radius 1 is 1.71 bits per heavy atom. The number of quaternary nitrogens is 1. The van der Waals surface area contributed by atoms with Crippen molar-refractivity contribution in [3.8, 4) is 12.3 Å². The summed E-state index contributed by atoms with van der Waals surface area (Å²) in [6, 6.07) is 0. The Bertz CT molecular complexity index is 83.2. The molecular weight excluding hydrogens is 88.1 g/mol. The van der Waals surface area contributed by atoms with Crippen LogP contribution in [0.2, 0.25) is 0 Å². The first kappa shape index (κ1) is 6.48. The van der Waals surface area contributed by atoms with Gasteiger partial charge in [0.25, 0.3) is 0 Å². The van der Waals surface area contributed by atoms with Crippen molar-refractivity contribution in [3.05, 3.63) is 0 Å². The topological polar surface area (TPSA) is 26.0 Å². The van der Waals surface area contributed by atoms with E-state index in [1.54, 1.807) is 0 Å². The first-order valence-electron chi connectivity index (χ1n) is 2.11. The summed E-state index contributed by atoms with van der Waals surface area (Å²) in [4.78, 5) is 0. The number of hydrogen-bond acceptors (Lipinski definition) is 1. The van der Waals surface area contributed by atoms with Crippen LogP contribution in [-0.4, -0.2) is 25.2 Å². The van der Waals surface area contributed by atoms with Gasteiger partial charge in [-0.3, -0.25) is 0 Å². The van der Waals surface area contributed by atoms with Gasteiger partial charge in [-0.1, -0.05) is 0 Å². The number of nitrogens with zero attached hydrogens (tertiary/aromatic N) is 1. The molecule has 2 heteroatoms. The molecule has 0 amide bonds. The van der Waals surface area contributed by atoms with Crippen LogP contribution in [0, 0.1) is 12.3 Å². The molecule has 0 atom stereocenters. The van der Waals surface area contributed by atoms with Crippen LogP contribution in [0.1, 0.15) is 0 Å². The van der Waals surface area contributed by atoms with E-state index in [1.165, 1.54) is 0 Å². The Hall–Kier alpha value is -0.520. The summed E-state index contributed by atoms with van der Waals surface area (Å²) in [5, 5.41) is 0. The Kier molecular flexibility index (Phi) is 1.82. The highest BCUT2D eigenvalue weighted by atomic mass is 15.5. The van der Waals surface area contributed by atoms with Gasteiger partial charge in [0, 0.05) is 0 Å².